The Bertz CT molecular complexity index is 236. The number of nitrogens with two attached hydrogens (primary N) is 1. The van der Waals surface area contributed by atoms with Gasteiger partial charge >= 0.3 is 0 Å². The topological polar surface area (TPSA) is 56.3 Å². The van der Waals surface area contributed by atoms with E-state index in [9.17, 15) is 0 Å². The van der Waals surface area contributed by atoms with Crippen LogP contribution in [0.4, 0.5) is 0 Å². The Labute approximate surface area is 99.0 Å². The van der Waals surface area contributed by atoms with Crippen LogP contribution in [0.25, 0.3) is 0 Å². The molecule has 1 rings (SSSR count). The summed E-state index contributed by atoms with van der Waals surface area (Å²) in [7, 11) is 0. The van der Waals surface area contributed by atoms with Gasteiger partial charge in [0, 0.05) is 32.7 Å². The fourth-order valence-electron chi connectivity index (χ4n) is 2.00. The predicted octanol–water partition coefficient (Wildman–Crippen LogP) is 0.645. The van der Waals surface area contributed by atoms with Crippen molar-refractivity contribution in [3.8, 4) is 6.07 Å². The molecule has 1 heterocycles. The van der Waals surface area contributed by atoms with Gasteiger partial charge in [-0.1, -0.05) is 6.92 Å². The highest BCUT2D eigenvalue weighted by molar-refractivity contribution is 5.01. The number of nitrogens with zero attached hydrogens (tertiary/aromatic N) is 3. The Morgan fingerprint density at radius 2 is 1.69 bits per heavy atom. The summed E-state index contributed by atoms with van der Waals surface area (Å²) in [5.74, 6) is 0. The molecule has 1 fully saturated rings. The zero-order valence-corrected chi connectivity index (χ0v) is 10.6. The molecule has 4 heteroatoms. The summed E-state index contributed by atoms with van der Waals surface area (Å²) < 4.78 is 0. The van der Waals surface area contributed by atoms with Crippen LogP contribution in [0.2, 0.25) is 0 Å². The fourth-order valence-corrected chi connectivity index (χ4v) is 2.00. The maximum Gasteiger partial charge on any atom is 0.102 e. The quantitative estimate of drug-likeness (QED) is 0.745. The van der Waals surface area contributed by atoms with Crippen LogP contribution in [0.15, 0.2) is 0 Å². The summed E-state index contributed by atoms with van der Waals surface area (Å²) in [6.45, 7) is 10.7. The van der Waals surface area contributed by atoms with Gasteiger partial charge < -0.3 is 15.5 Å². The smallest absolute Gasteiger partial charge is 0.102 e. The lowest BCUT2D eigenvalue weighted by atomic mass is 10.0. The van der Waals surface area contributed by atoms with Crippen molar-refractivity contribution in [2.45, 2.75) is 32.2 Å². The summed E-state index contributed by atoms with van der Waals surface area (Å²) >= 11 is 0. The number of hydrogen-bond acceptors (Lipinski definition) is 4. The van der Waals surface area contributed by atoms with Crippen LogP contribution in [-0.2, 0) is 0 Å². The highest BCUT2D eigenvalue weighted by Crippen LogP contribution is 2.08. The molecule has 0 bridgehead atoms. The van der Waals surface area contributed by atoms with Crippen LogP contribution < -0.4 is 5.73 Å². The highest BCUT2D eigenvalue weighted by atomic mass is 15.3. The first-order valence-electron chi connectivity index (χ1n) is 6.22. The minimum atomic E-state index is -0.666. The zero-order chi connectivity index (χ0) is 12.0. The second-order valence-corrected chi connectivity index (χ2v) is 4.96. The number of nitriles is 1. The Balaban J connectivity index is 2.20. The molecule has 1 unspecified atom stereocenters. The molecule has 1 aliphatic heterocycles. The van der Waals surface area contributed by atoms with Gasteiger partial charge in [0.05, 0.1) is 6.07 Å². The molecule has 0 aromatic rings. The van der Waals surface area contributed by atoms with Gasteiger partial charge in [-0.3, -0.25) is 0 Å². The minimum Gasteiger partial charge on any atom is -0.314 e. The van der Waals surface area contributed by atoms with Crippen LogP contribution in [0.5, 0.6) is 0 Å². The predicted molar refractivity (Wildman–Crippen MR) is 66.0 cm³/mol. The van der Waals surface area contributed by atoms with Gasteiger partial charge in [0.2, 0.25) is 0 Å². The zero-order valence-electron chi connectivity index (χ0n) is 10.6. The first-order chi connectivity index (χ1) is 7.57. The second kappa shape index (κ2) is 6.19. The monoisotopic (exact) mass is 224 g/mol. The van der Waals surface area contributed by atoms with Crippen molar-refractivity contribution in [3.63, 3.8) is 0 Å². The average Bonchev–Trinajstić information content (AvgIpc) is 2.29. The number of hydrogen-bond donors (Lipinski definition) is 1. The maximum atomic E-state index is 8.83. The molecule has 1 saturated heterocycles. The lowest BCUT2D eigenvalue weighted by Gasteiger charge is -2.35. The van der Waals surface area contributed by atoms with Crippen molar-refractivity contribution in [2.75, 3.05) is 39.3 Å². The molecule has 16 heavy (non-hydrogen) atoms. The highest BCUT2D eigenvalue weighted by Gasteiger charge is 2.21. The lowest BCUT2D eigenvalue weighted by Crippen LogP contribution is -2.48. The van der Waals surface area contributed by atoms with Gasteiger partial charge in [0.15, 0.2) is 0 Å². The van der Waals surface area contributed by atoms with Crippen molar-refractivity contribution >= 4 is 0 Å². The first kappa shape index (κ1) is 13.4. The van der Waals surface area contributed by atoms with Crippen molar-refractivity contribution in [2.24, 2.45) is 5.73 Å². The molecule has 0 amide bonds. The number of piperazine rings is 1. The van der Waals surface area contributed by atoms with Gasteiger partial charge in [-0.25, -0.2) is 0 Å². The summed E-state index contributed by atoms with van der Waals surface area (Å²) in [6.07, 6.45) is 1.99. The standard InChI is InChI=1S/C12H24N4/c1-3-5-15-7-9-16(10-8-15)6-4-12(2,14)11-13/h3-10,14H2,1-2H3. The third-order valence-electron chi connectivity index (χ3n) is 3.21. The van der Waals surface area contributed by atoms with Gasteiger partial charge in [0.1, 0.15) is 5.54 Å². The molecule has 0 saturated carbocycles. The molecule has 1 atom stereocenters. The van der Waals surface area contributed by atoms with Crippen LogP contribution >= 0.6 is 0 Å². The molecule has 92 valence electrons. The Hall–Kier alpha value is -0.630. The molecular weight excluding hydrogens is 200 g/mol. The lowest BCUT2D eigenvalue weighted by molar-refractivity contribution is 0.128. The van der Waals surface area contributed by atoms with E-state index in [0.29, 0.717) is 0 Å². The van der Waals surface area contributed by atoms with Crippen LogP contribution in [-0.4, -0.2) is 54.6 Å². The average molecular weight is 224 g/mol. The Morgan fingerprint density at radius 1 is 1.19 bits per heavy atom. The van der Waals surface area contributed by atoms with E-state index >= 15 is 0 Å². The third-order valence-corrected chi connectivity index (χ3v) is 3.21. The summed E-state index contributed by atoms with van der Waals surface area (Å²) in [6, 6.07) is 2.15. The SMILES string of the molecule is CCCN1CCN(CCC(C)(N)C#N)CC1. The molecule has 2 N–H and O–H groups in total. The van der Waals surface area contributed by atoms with Crippen molar-refractivity contribution in [1.82, 2.24) is 9.80 Å². The van der Waals surface area contributed by atoms with Gasteiger partial charge in [-0.2, -0.15) is 5.26 Å². The van der Waals surface area contributed by atoms with Gasteiger partial charge in [-0.05, 0) is 26.3 Å². The summed E-state index contributed by atoms with van der Waals surface area (Å²) in [4.78, 5) is 4.91. The van der Waals surface area contributed by atoms with Gasteiger partial charge in [0.25, 0.3) is 0 Å². The fraction of sp³-hybridized carbons (Fsp3) is 0.917. The van der Waals surface area contributed by atoms with Gasteiger partial charge in [-0.15, -0.1) is 0 Å². The van der Waals surface area contributed by atoms with E-state index < -0.39 is 5.54 Å². The molecule has 0 aliphatic carbocycles. The van der Waals surface area contributed by atoms with E-state index in [1.54, 1.807) is 6.92 Å². The molecule has 0 aromatic heterocycles. The normalized spacial score (nSPS) is 22.6. The van der Waals surface area contributed by atoms with Crippen LogP contribution in [0, 0.1) is 11.3 Å². The largest absolute Gasteiger partial charge is 0.314 e. The van der Waals surface area contributed by atoms with E-state index in [2.05, 4.69) is 22.8 Å². The minimum absolute atomic E-state index is 0.666. The first-order valence-corrected chi connectivity index (χ1v) is 6.22. The molecule has 1 aliphatic rings. The molecule has 0 spiro atoms. The molecule has 0 radical (unpaired) electrons. The summed E-state index contributed by atoms with van der Waals surface area (Å²) in [5, 5.41) is 8.83. The maximum absolute atomic E-state index is 8.83. The molecule has 0 aromatic carbocycles. The van der Waals surface area contributed by atoms with Crippen molar-refractivity contribution in [1.29, 1.82) is 5.26 Å². The van der Waals surface area contributed by atoms with E-state index in [-0.39, 0.29) is 0 Å². The van der Waals surface area contributed by atoms with Crippen molar-refractivity contribution < 1.29 is 0 Å². The van der Waals surface area contributed by atoms with E-state index in [4.69, 9.17) is 11.0 Å². The van der Waals surface area contributed by atoms with Crippen LogP contribution in [0.1, 0.15) is 26.7 Å². The van der Waals surface area contributed by atoms with E-state index in [1.807, 2.05) is 0 Å². The van der Waals surface area contributed by atoms with Crippen LogP contribution in [0.3, 0.4) is 0 Å². The van der Waals surface area contributed by atoms with Crippen molar-refractivity contribution in [3.05, 3.63) is 0 Å². The summed E-state index contributed by atoms with van der Waals surface area (Å²) in [5.41, 5.74) is 5.14. The molecular formula is C12H24N4. The Kier molecular flexibility index (Phi) is 5.20. The molecule has 4 nitrogen and oxygen atoms in total. The Morgan fingerprint density at radius 3 is 2.12 bits per heavy atom. The number of rotatable bonds is 5. The van der Waals surface area contributed by atoms with E-state index in [0.717, 1.165) is 39.1 Å². The third kappa shape index (κ3) is 4.48. The second-order valence-electron chi connectivity index (χ2n) is 4.96. The van der Waals surface area contributed by atoms with E-state index in [1.165, 1.54) is 13.0 Å².